The highest BCUT2D eigenvalue weighted by Crippen LogP contribution is 2.35. The topological polar surface area (TPSA) is 49.8 Å². The summed E-state index contributed by atoms with van der Waals surface area (Å²) in [7, 11) is 4.68. The van der Waals surface area contributed by atoms with Crippen LogP contribution in [0.25, 0.3) is 5.57 Å². The van der Waals surface area contributed by atoms with Crippen molar-refractivity contribution in [3.63, 3.8) is 0 Å². The van der Waals surface area contributed by atoms with Gasteiger partial charge in [-0.15, -0.1) is 6.42 Å². The third kappa shape index (κ3) is 4.04. The molecule has 0 fully saturated rings. The number of nitrogens with zero attached hydrogens (tertiary/aromatic N) is 1. The van der Waals surface area contributed by atoms with Gasteiger partial charge in [0.15, 0.2) is 17.6 Å². The largest absolute Gasteiger partial charge is 0.493 e. The van der Waals surface area contributed by atoms with Crippen LogP contribution in [0.1, 0.15) is 18.1 Å². The van der Waals surface area contributed by atoms with Gasteiger partial charge in [0, 0.05) is 11.6 Å². The van der Waals surface area contributed by atoms with Crippen LogP contribution in [0.5, 0.6) is 23.3 Å². The molecule has 0 aliphatic rings. The summed E-state index contributed by atoms with van der Waals surface area (Å²) in [4.78, 5) is 4.29. The number of terminal acetylenes is 1. The lowest BCUT2D eigenvalue weighted by atomic mass is 10.00. The zero-order valence-electron chi connectivity index (χ0n) is 14.8. The molecule has 2 rings (SSSR count). The average molecular weight is 339 g/mol. The van der Waals surface area contributed by atoms with Gasteiger partial charge >= 0.3 is 0 Å². The summed E-state index contributed by atoms with van der Waals surface area (Å²) in [5.41, 5.74) is 2.32. The summed E-state index contributed by atoms with van der Waals surface area (Å²) in [6.07, 6.45) is 5.02. The zero-order valence-corrected chi connectivity index (χ0v) is 14.8. The fraction of sp³-hybridized carbons (Fsp3) is 0.250. The van der Waals surface area contributed by atoms with Crippen molar-refractivity contribution in [2.75, 3.05) is 21.3 Å². The minimum absolute atomic E-state index is 0.380. The molecule has 0 saturated carbocycles. The van der Waals surface area contributed by atoms with Crippen LogP contribution in [0.15, 0.2) is 36.9 Å². The summed E-state index contributed by atoms with van der Waals surface area (Å²) >= 11 is 0. The highest BCUT2D eigenvalue weighted by Gasteiger charge is 2.15. The van der Waals surface area contributed by atoms with E-state index in [4.69, 9.17) is 25.4 Å². The van der Waals surface area contributed by atoms with Crippen molar-refractivity contribution in [1.29, 1.82) is 0 Å². The molecular formula is C20H21NO4. The van der Waals surface area contributed by atoms with Gasteiger partial charge in [-0.2, -0.15) is 4.98 Å². The lowest BCUT2D eigenvalue weighted by molar-refractivity contribution is 0.262. The molecule has 1 unspecified atom stereocenters. The van der Waals surface area contributed by atoms with E-state index in [1.54, 1.807) is 34.3 Å². The maximum atomic E-state index is 5.74. The number of hydrogen-bond donors (Lipinski definition) is 0. The first-order valence-corrected chi connectivity index (χ1v) is 7.63. The minimum Gasteiger partial charge on any atom is -0.493 e. The number of pyridine rings is 1. The van der Waals surface area contributed by atoms with Crippen LogP contribution >= 0.6 is 0 Å². The number of hydrogen-bond acceptors (Lipinski definition) is 5. The lowest BCUT2D eigenvalue weighted by Gasteiger charge is -2.16. The molecule has 5 nitrogen and oxygen atoms in total. The Morgan fingerprint density at radius 3 is 2.44 bits per heavy atom. The molecule has 0 aliphatic carbocycles. The number of rotatable bonds is 7. The van der Waals surface area contributed by atoms with Crippen molar-refractivity contribution in [3.8, 4) is 35.6 Å². The van der Waals surface area contributed by atoms with Crippen LogP contribution in [0.2, 0.25) is 0 Å². The molecule has 25 heavy (non-hydrogen) atoms. The molecule has 1 aromatic heterocycles. The number of benzene rings is 1. The highest BCUT2D eigenvalue weighted by atomic mass is 16.5. The average Bonchev–Trinajstić information content (AvgIpc) is 2.66. The van der Waals surface area contributed by atoms with Crippen LogP contribution < -0.4 is 18.9 Å². The van der Waals surface area contributed by atoms with E-state index in [9.17, 15) is 0 Å². The van der Waals surface area contributed by atoms with Crippen LogP contribution in [0, 0.1) is 12.3 Å². The number of methoxy groups -OCH3 is 3. The van der Waals surface area contributed by atoms with E-state index in [0.717, 1.165) is 16.7 Å². The van der Waals surface area contributed by atoms with Gasteiger partial charge in [0.2, 0.25) is 11.8 Å². The Kier molecular flexibility index (Phi) is 5.91. The Morgan fingerprint density at radius 2 is 1.84 bits per heavy atom. The molecule has 0 bridgehead atoms. The van der Waals surface area contributed by atoms with Gasteiger partial charge in [0.25, 0.3) is 0 Å². The summed E-state index contributed by atoms with van der Waals surface area (Å²) in [5.74, 6) is 4.57. The number of aromatic nitrogens is 1. The van der Waals surface area contributed by atoms with Gasteiger partial charge in [-0.25, -0.2) is 0 Å². The van der Waals surface area contributed by atoms with Crippen LogP contribution in [0.4, 0.5) is 0 Å². The van der Waals surface area contributed by atoms with E-state index in [0.29, 0.717) is 23.3 Å². The molecule has 130 valence electrons. The second kappa shape index (κ2) is 8.11. The Bertz CT molecular complexity index is 808. The first kappa shape index (κ1) is 18.2. The quantitative estimate of drug-likeness (QED) is 0.722. The second-order valence-electron chi connectivity index (χ2n) is 5.18. The van der Waals surface area contributed by atoms with Gasteiger partial charge in [0.1, 0.15) is 0 Å². The van der Waals surface area contributed by atoms with E-state index in [1.807, 2.05) is 24.3 Å². The fourth-order valence-electron chi connectivity index (χ4n) is 2.26. The third-order valence-corrected chi connectivity index (χ3v) is 3.61. The predicted octanol–water partition coefficient (Wildman–Crippen LogP) is 3.57. The van der Waals surface area contributed by atoms with E-state index in [1.165, 1.54) is 0 Å². The zero-order chi connectivity index (χ0) is 18.4. The molecule has 1 aromatic carbocycles. The smallest absolute Gasteiger partial charge is 0.224 e. The van der Waals surface area contributed by atoms with Gasteiger partial charge in [0.05, 0.1) is 21.3 Å². The Hall–Kier alpha value is -3.13. The van der Waals surface area contributed by atoms with Crippen LogP contribution in [-0.4, -0.2) is 32.4 Å². The van der Waals surface area contributed by atoms with Crippen molar-refractivity contribution in [2.24, 2.45) is 0 Å². The maximum Gasteiger partial charge on any atom is 0.224 e. The molecule has 0 aliphatic heterocycles. The van der Waals surface area contributed by atoms with Crippen molar-refractivity contribution in [3.05, 3.63) is 48.0 Å². The number of ether oxygens (including phenoxy) is 4. The van der Waals surface area contributed by atoms with Crippen LogP contribution in [-0.2, 0) is 0 Å². The second-order valence-corrected chi connectivity index (χ2v) is 5.18. The minimum atomic E-state index is -0.380. The standard InChI is InChI=1S/C20H21NO4/c1-7-13(2)25-18-12-15(8-10-17(18)22-4)14(3)16-9-11-19(23-5)21-20(16)24-6/h1,8-13H,3H2,2,4-6H3. The Labute approximate surface area is 148 Å². The van der Waals surface area contributed by atoms with Gasteiger partial charge in [-0.05, 0) is 36.3 Å². The SMILES string of the molecule is C#CC(C)Oc1cc(C(=C)c2ccc(OC)nc2OC)ccc1OC. The summed E-state index contributed by atoms with van der Waals surface area (Å²) in [5, 5.41) is 0. The summed E-state index contributed by atoms with van der Waals surface area (Å²) < 4.78 is 21.5. The molecule has 1 atom stereocenters. The molecule has 0 radical (unpaired) electrons. The Balaban J connectivity index is 2.43. The molecular weight excluding hydrogens is 318 g/mol. The Morgan fingerprint density at radius 1 is 1.08 bits per heavy atom. The normalized spacial score (nSPS) is 11.2. The molecule has 0 spiro atoms. The lowest BCUT2D eigenvalue weighted by Crippen LogP contribution is -2.09. The molecule has 1 heterocycles. The van der Waals surface area contributed by atoms with Crippen molar-refractivity contribution < 1.29 is 18.9 Å². The molecule has 2 aromatic rings. The fourth-order valence-corrected chi connectivity index (χ4v) is 2.26. The molecule has 5 heteroatoms. The summed E-state index contributed by atoms with van der Waals surface area (Å²) in [6, 6.07) is 9.13. The van der Waals surface area contributed by atoms with Crippen molar-refractivity contribution in [2.45, 2.75) is 13.0 Å². The molecule has 0 saturated heterocycles. The predicted molar refractivity (Wildman–Crippen MR) is 97.4 cm³/mol. The van der Waals surface area contributed by atoms with Crippen molar-refractivity contribution >= 4 is 5.57 Å². The van der Waals surface area contributed by atoms with Gasteiger partial charge in [-0.3, -0.25) is 0 Å². The van der Waals surface area contributed by atoms with E-state index >= 15 is 0 Å². The summed E-state index contributed by atoms with van der Waals surface area (Å²) in [6.45, 7) is 5.95. The third-order valence-electron chi connectivity index (χ3n) is 3.61. The first-order valence-electron chi connectivity index (χ1n) is 7.63. The molecule has 0 amide bonds. The van der Waals surface area contributed by atoms with E-state index < -0.39 is 0 Å². The van der Waals surface area contributed by atoms with Crippen LogP contribution in [0.3, 0.4) is 0 Å². The van der Waals surface area contributed by atoms with Gasteiger partial charge in [-0.1, -0.05) is 18.6 Å². The van der Waals surface area contributed by atoms with E-state index in [-0.39, 0.29) is 6.10 Å². The van der Waals surface area contributed by atoms with Gasteiger partial charge < -0.3 is 18.9 Å². The first-order chi connectivity index (χ1) is 12.0. The molecule has 0 N–H and O–H groups in total. The monoisotopic (exact) mass is 339 g/mol. The van der Waals surface area contributed by atoms with Crippen molar-refractivity contribution in [1.82, 2.24) is 4.98 Å². The van der Waals surface area contributed by atoms with E-state index in [2.05, 4.69) is 17.5 Å². The maximum absolute atomic E-state index is 5.74. The highest BCUT2D eigenvalue weighted by molar-refractivity contribution is 5.81.